The summed E-state index contributed by atoms with van der Waals surface area (Å²) in [5.74, 6) is 0. The highest BCUT2D eigenvalue weighted by Gasteiger charge is 2.38. The highest BCUT2D eigenvalue weighted by Crippen LogP contribution is 2.41. The van der Waals surface area contributed by atoms with Gasteiger partial charge < -0.3 is 5.11 Å². The van der Waals surface area contributed by atoms with Gasteiger partial charge in [-0.3, -0.25) is 0 Å². The predicted octanol–water partition coefficient (Wildman–Crippen LogP) is 5.11. The first-order valence-electron chi connectivity index (χ1n) is 6.90. The number of hydrogen-bond donors (Lipinski definition) is 1. The largest absolute Gasteiger partial charge is 0.416 e. The van der Waals surface area contributed by atoms with Crippen LogP contribution in [0.15, 0.2) is 53.0 Å². The van der Waals surface area contributed by atoms with Gasteiger partial charge in [0.25, 0.3) is 0 Å². The molecular formula is C17H11F3OS3. The molecule has 2 aliphatic rings. The Labute approximate surface area is 151 Å². The summed E-state index contributed by atoms with van der Waals surface area (Å²) in [4.78, 5) is 1.49. The second-order valence-corrected chi connectivity index (χ2v) is 7.36. The average Bonchev–Trinajstić information content (AvgIpc) is 2.52. The van der Waals surface area contributed by atoms with E-state index < -0.39 is 17.3 Å². The summed E-state index contributed by atoms with van der Waals surface area (Å²) in [7, 11) is 0. The summed E-state index contributed by atoms with van der Waals surface area (Å²) in [6.45, 7) is 1.56. The third-order valence-corrected chi connectivity index (χ3v) is 5.94. The van der Waals surface area contributed by atoms with Gasteiger partial charge in [-0.05, 0) is 47.8 Å². The number of alkyl halides is 3. The monoisotopic (exact) mass is 384 g/mol. The number of hydrogen-bond acceptors (Lipinski definition) is 4. The minimum Gasteiger partial charge on any atom is -0.379 e. The zero-order valence-electron chi connectivity index (χ0n) is 12.3. The van der Waals surface area contributed by atoms with E-state index in [9.17, 15) is 18.3 Å². The van der Waals surface area contributed by atoms with Crippen molar-refractivity contribution in [2.75, 3.05) is 0 Å². The van der Waals surface area contributed by atoms with Gasteiger partial charge >= 0.3 is 6.18 Å². The topological polar surface area (TPSA) is 20.2 Å². The molecule has 0 spiro atoms. The van der Waals surface area contributed by atoms with E-state index in [0.717, 1.165) is 28.2 Å². The maximum absolute atomic E-state index is 12.7. The molecule has 1 aromatic carbocycles. The van der Waals surface area contributed by atoms with Crippen molar-refractivity contribution in [3.63, 3.8) is 0 Å². The number of fused-ring (bicyclic) bond motifs is 1. The Morgan fingerprint density at radius 1 is 1.08 bits per heavy atom. The maximum Gasteiger partial charge on any atom is 0.416 e. The van der Waals surface area contributed by atoms with Crippen molar-refractivity contribution in [1.29, 1.82) is 0 Å². The van der Waals surface area contributed by atoms with Gasteiger partial charge in [-0.25, -0.2) is 0 Å². The maximum atomic E-state index is 12.7. The highest BCUT2D eigenvalue weighted by molar-refractivity contribution is 8.11. The zero-order valence-corrected chi connectivity index (χ0v) is 14.8. The lowest BCUT2D eigenvalue weighted by molar-refractivity contribution is -0.137. The summed E-state index contributed by atoms with van der Waals surface area (Å²) in [5, 5.41) is 12.1. The summed E-state index contributed by atoms with van der Waals surface area (Å²) in [5.41, 5.74) is 0.159. The molecule has 0 saturated heterocycles. The Hall–Kier alpha value is -1.28. The van der Waals surface area contributed by atoms with Gasteiger partial charge in [0.15, 0.2) is 0 Å². The Morgan fingerprint density at radius 2 is 1.71 bits per heavy atom. The molecule has 124 valence electrons. The molecule has 1 aromatic rings. The van der Waals surface area contributed by atoms with Gasteiger partial charge in [0.1, 0.15) is 5.60 Å². The van der Waals surface area contributed by atoms with Crippen LogP contribution in [0.4, 0.5) is 13.2 Å². The SMILES string of the molecule is CC1(O)C(=S)C=C2C=C(c3ccc(C(F)(F)F)cc3)SC=C2C1=S. The van der Waals surface area contributed by atoms with Gasteiger partial charge in [0.05, 0.1) is 15.3 Å². The van der Waals surface area contributed by atoms with E-state index >= 15 is 0 Å². The van der Waals surface area contributed by atoms with Crippen LogP contribution < -0.4 is 0 Å². The van der Waals surface area contributed by atoms with E-state index in [-0.39, 0.29) is 0 Å². The summed E-state index contributed by atoms with van der Waals surface area (Å²) in [6, 6.07) is 5.00. The van der Waals surface area contributed by atoms with Crippen molar-refractivity contribution in [2.45, 2.75) is 18.7 Å². The molecule has 0 saturated carbocycles. The second kappa shape index (κ2) is 5.91. The molecule has 1 nitrogen and oxygen atoms in total. The van der Waals surface area contributed by atoms with Crippen LogP contribution >= 0.6 is 36.2 Å². The van der Waals surface area contributed by atoms with Gasteiger partial charge in [-0.2, -0.15) is 13.2 Å². The Balaban J connectivity index is 1.96. The van der Waals surface area contributed by atoms with Gasteiger partial charge in [-0.1, -0.05) is 48.3 Å². The molecule has 1 unspecified atom stereocenters. The van der Waals surface area contributed by atoms with Crippen LogP contribution in [0.1, 0.15) is 18.1 Å². The summed E-state index contributed by atoms with van der Waals surface area (Å²) >= 11 is 11.9. The molecule has 1 aliphatic carbocycles. The molecular weight excluding hydrogens is 373 g/mol. The number of thiocarbonyl (C=S) groups is 2. The number of halogens is 3. The van der Waals surface area contributed by atoms with Crippen molar-refractivity contribution in [3.8, 4) is 0 Å². The third kappa shape index (κ3) is 3.01. The number of aliphatic hydroxyl groups is 1. The number of allylic oxidation sites excluding steroid dienone is 2. The molecule has 7 heteroatoms. The van der Waals surface area contributed by atoms with E-state index in [2.05, 4.69) is 0 Å². The third-order valence-electron chi connectivity index (χ3n) is 3.85. The van der Waals surface area contributed by atoms with E-state index in [1.165, 1.54) is 23.9 Å². The van der Waals surface area contributed by atoms with E-state index in [0.29, 0.717) is 15.3 Å². The molecule has 0 aromatic heterocycles. The molecule has 1 aliphatic heterocycles. The first-order valence-corrected chi connectivity index (χ1v) is 8.60. The average molecular weight is 384 g/mol. The van der Waals surface area contributed by atoms with E-state index in [1.807, 2.05) is 6.08 Å². The lowest BCUT2D eigenvalue weighted by Crippen LogP contribution is -2.44. The van der Waals surface area contributed by atoms with Crippen molar-refractivity contribution in [3.05, 3.63) is 64.1 Å². The molecule has 1 heterocycles. The van der Waals surface area contributed by atoms with E-state index in [1.54, 1.807) is 18.4 Å². The smallest absolute Gasteiger partial charge is 0.379 e. The Morgan fingerprint density at radius 3 is 2.29 bits per heavy atom. The van der Waals surface area contributed by atoms with Crippen LogP contribution in [0.25, 0.3) is 4.91 Å². The predicted molar refractivity (Wildman–Crippen MR) is 99.0 cm³/mol. The minimum absolute atomic E-state index is 0.328. The van der Waals surface area contributed by atoms with Gasteiger partial charge in [-0.15, -0.1) is 0 Å². The molecule has 0 radical (unpaired) electrons. The first kappa shape index (κ1) is 17.5. The second-order valence-electron chi connectivity index (χ2n) is 5.60. The van der Waals surface area contributed by atoms with Crippen LogP contribution in [-0.2, 0) is 6.18 Å². The van der Waals surface area contributed by atoms with Crippen molar-refractivity contribution >= 4 is 50.8 Å². The van der Waals surface area contributed by atoms with Crippen LogP contribution in [0.5, 0.6) is 0 Å². The van der Waals surface area contributed by atoms with Crippen LogP contribution in [0, 0.1) is 0 Å². The number of thioether (sulfide) groups is 1. The zero-order chi connectivity index (χ0) is 17.7. The summed E-state index contributed by atoms with van der Waals surface area (Å²) < 4.78 is 38.0. The molecule has 3 rings (SSSR count). The Kier molecular flexibility index (Phi) is 4.32. The van der Waals surface area contributed by atoms with Crippen LogP contribution in [0.2, 0.25) is 0 Å². The fourth-order valence-corrected chi connectivity index (χ4v) is 4.00. The Bertz CT molecular complexity index is 828. The molecule has 1 atom stereocenters. The lowest BCUT2D eigenvalue weighted by atomic mass is 9.83. The van der Waals surface area contributed by atoms with Gasteiger partial charge in [0.2, 0.25) is 0 Å². The number of rotatable bonds is 1. The van der Waals surface area contributed by atoms with Crippen molar-refractivity contribution in [2.24, 2.45) is 0 Å². The molecule has 0 bridgehead atoms. The van der Waals surface area contributed by atoms with Crippen LogP contribution in [0.3, 0.4) is 0 Å². The highest BCUT2D eigenvalue weighted by atomic mass is 32.2. The first-order chi connectivity index (χ1) is 11.1. The lowest BCUT2D eigenvalue weighted by Gasteiger charge is -2.32. The molecule has 1 N–H and O–H groups in total. The van der Waals surface area contributed by atoms with Gasteiger partial charge in [0, 0.05) is 10.5 Å². The minimum atomic E-state index is -4.35. The fourth-order valence-electron chi connectivity index (χ4n) is 2.38. The standard InChI is InChI=1S/C17H11F3OS3/c1-16(21)14(22)7-10-6-13(24-8-12(10)15(16)23)9-2-4-11(5-3-9)17(18,19)20/h2-8,21H,1H3. The number of benzene rings is 1. The van der Waals surface area contributed by atoms with Crippen LogP contribution in [-0.4, -0.2) is 20.4 Å². The quantitative estimate of drug-likeness (QED) is 0.679. The van der Waals surface area contributed by atoms with Crippen molar-refractivity contribution < 1.29 is 18.3 Å². The molecule has 0 fully saturated rings. The fraction of sp³-hybridized carbons (Fsp3) is 0.176. The molecule has 0 amide bonds. The summed E-state index contributed by atoms with van der Waals surface area (Å²) in [6.07, 6.45) is -0.841. The van der Waals surface area contributed by atoms with Crippen molar-refractivity contribution in [1.82, 2.24) is 0 Å². The van der Waals surface area contributed by atoms with E-state index in [4.69, 9.17) is 24.4 Å². The molecule has 24 heavy (non-hydrogen) atoms. The normalized spacial score (nSPS) is 24.1.